The Hall–Kier alpha value is -9.21. The molecular weight excluding hydrogens is 1470 g/mol. The number of benzene rings is 3. The van der Waals surface area contributed by atoms with E-state index in [0.29, 0.717) is 70.9 Å². The minimum absolute atomic E-state index is 0.0103. The first-order valence-corrected chi connectivity index (χ1v) is 44.3. The van der Waals surface area contributed by atoms with E-state index in [1.165, 1.54) is 187 Å². The van der Waals surface area contributed by atoms with Crippen LogP contribution in [0.15, 0.2) is 124 Å². The number of fused-ring (bicyclic) bond motifs is 15. The summed E-state index contributed by atoms with van der Waals surface area (Å²) in [4.78, 5) is 134. The van der Waals surface area contributed by atoms with Gasteiger partial charge >= 0.3 is 17.1 Å². The predicted molar refractivity (Wildman–Crippen MR) is 442 cm³/mol. The van der Waals surface area contributed by atoms with Crippen molar-refractivity contribution < 1.29 is 4.39 Å². The number of nitrogen functional groups attached to an aromatic ring is 1. The van der Waals surface area contributed by atoms with Gasteiger partial charge in [-0.05, 0) is 214 Å². The summed E-state index contributed by atoms with van der Waals surface area (Å²) in [5.41, 5.74) is 5.33. The molecule has 12 heterocycles. The number of piperidine rings is 6. The van der Waals surface area contributed by atoms with Gasteiger partial charge in [0.05, 0.1) is 39.3 Å². The van der Waals surface area contributed by atoms with E-state index in [1.54, 1.807) is 0 Å². The van der Waals surface area contributed by atoms with Crippen LogP contribution in [-0.4, -0.2) is 137 Å². The molecule has 18 atom stereocenters. The lowest BCUT2D eigenvalue weighted by molar-refractivity contribution is -0.0421. The van der Waals surface area contributed by atoms with Crippen LogP contribution in [0.3, 0.4) is 0 Å². The topological polar surface area (TPSA) is 311 Å². The molecule has 9 aromatic rings. The Bertz CT molecular complexity index is 5630. The average Bonchev–Trinajstić information content (AvgIpc) is 0.769. The molecule has 6 saturated carbocycles. The number of nitrogens with two attached hydrogens (primary N) is 1. The first kappa shape index (κ1) is 76.7. The van der Waals surface area contributed by atoms with Gasteiger partial charge in [0.25, 0.3) is 27.8 Å². The summed E-state index contributed by atoms with van der Waals surface area (Å²) in [6.07, 6.45) is 47.4. The van der Waals surface area contributed by atoms with Crippen LogP contribution in [0.1, 0.15) is 255 Å². The molecule has 12 fully saturated rings. The number of nitrogens with zero attached hydrogens (tertiary/aromatic N) is 15. The fourth-order valence-corrected chi connectivity index (χ4v) is 25.6. The van der Waals surface area contributed by atoms with Gasteiger partial charge < -0.3 is 19.4 Å². The standard InChI is InChI=1S/C30H37FN6O2.C30H38N6O3.C29H36N6O3/c31-24-17-35(30(39)34-27(24)32)28-29(38)37(26-11-4-3-10-25(26)33-28)23-15-20-8-5-9-21(16-23)36(20)22-13-18-6-1-2-7-19(12-18)14-22;1-18-28(37)32-30(39)36(33-18)27-29(38)35(26-12-5-4-11-25(26)31-27)24-16-21-9-6-10-22(17-24)34(21)23-14-19-7-2-3-8-20(13-19)15-23;36-26-17-30-35(29(38)32-26)27-28(37)34(25-11-4-3-10-24(25)31-27)23-15-20-8-5-9-21(16-23)33(20)22-13-18-6-1-2-7-19(12-18)14-22/h3-4,10-11,17-23H,1-2,5-9,12-16H2,(H2,32,34,39);4-5,11-12,19-24H,2-3,6-10,13-17H2,1H3,(H,32,37,39);3-4,10-11,17-23H,1-2,5-9,12-16H2,(H,32,36,38)/t18-,19+,20-,21+,22?,23?;19-,20+,21-,22+,23?,24?;18-,19+,20-,21+,22?,23?. The molecular formula is C89H111FN18O8. The van der Waals surface area contributed by atoms with Crippen molar-refractivity contribution in [2.24, 2.45) is 35.5 Å². The van der Waals surface area contributed by atoms with Crippen molar-refractivity contribution in [3.8, 4) is 17.5 Å². The van der Waals surface area contributed by atoms with Gasteiger partial charge in [-0.1, -0.05) is 133 Å². The molecule has 27 heteroatoms. The molecule has 6 aliphatic heterocycles. The number of rotatable bonds is 9. The van der Waals surface area contributed by atoms with Crippen molar-refractivity contribution >= 4 is 38.9 Å². The van der Waals surface area contributed by atoms with Gasteiger partial charge in [-0.25, -0.2) is 38.3 Å². The molecule has 21 rings (SSSR count). The third-order valence-corrected chi connectivity index (χ3v) is 30.0. The van der Waals surface area contributed by atoms with Gasteiger partial charge in [-0.15, -0.1) is 0 Å². The first-order chi connectivity index (χ1) is 56.5. The molecule has 612 valence electrons. The molecule has 0 spiro atoms. The number of aromatic amines is 2. The molecule has 4 N–H and O–H groups in total. The van der Waals surface area contributed by atoms with E-state index in [-0.39, 0.29) is 58.0 Å². The maximum Gasteiger partial charge on any atom is 0.355 e. The van der Waals surface area contributed by atoms with Crippen LogP contribution >= 0.6 is 0 Å². The van der Waals surface area contributed by atoms with Gasteiger partial charge in [-0.3, -0.25) is 48.6 Å². The summed E-state index contributed by atoms with van der Waals surface area (Å²) in [7, 11) is 0. The molecule has 0 amide bonds. The maximum absolute atomic E-state index is 14.3. The smallest absolute Gasteiger partial charge is 0.355 e. The van der Waals surface area contributed by atoms with E-state index in [1.807, 2.05) is 86.5 Å². The normalized spacial score (nSPS) is 31.4. The number of hydrogen-bond acceptors (Lipinski definition) is 18. The Morgan fingerprint density at radius 3 is 1.08 bits per heavy atom. The van der Waals surface area contributed by atoms with Gasteiger partial charge in [0.2, 0.25) is 17.5 Å². The van der Waals surface area contributed by atoms with Crippen LogP contribution in [0, 0.1) is 48.2 Å². The zero-order valence-corrected chi connectivity index (χ0v) is 66.9. The third-order valence-electron chi connectivity index (χ3n) is 30.0. The van der Waals surface area contributed by atoms with Crippen LogP contribution in [0.4, 0.5) is 10.2 Å². The molecule has 6 unspecified atom stereocenters. The Kier molecular flexibility index (Phi) is 21.3. The zero-order valence-electron chi connectivity index (χ0n) is 66.9. The van der Waals surface area contributed by atoms with Gasteiger partial charge in [0, 0.05) is 72.5 Å². The van der Waals surface area contributed by atoms with Crippen LogP contribution in [0.25, 0.3) is 50.6 Å². The number of nitrogens with one attached hydrogen (secondary N) is 2. The lowest BCUT2D eigenvalue weighted by atomic mass is 9.73. The lowest BCUT2D eigenvalue weighted by Gasteiger charge is -2.54. The van der Waals surface area contributed by atoms with E-state index in [2.05, 4.69) is 54.8 Å². The number of para-hydroxylation sites is 6. The fraction of sp³-hybridized carbons (Fsp3) is 0.618. The summed E-state index contributed by atoms with van der Waals surface area (Å²) in [6.45, 7) is 1.52. The molecule has 26 nitrogen and oxygen atoms in total. The van der Waals surface area contributed by atoms with Crippen LogP contribution in [0.5, 0.6) is 0 Å². The average molecular weight is 1580 g/mol. The fourth-order valence-electron chi connectivity index (χ4n) is 25.6. The number of anilines is 1. The van der Waals surface area contributed by atoms with Gasteiger partial charge in [-0.2, -0.15) is 24.5 Å². The highest BCUT2D eigenvalue weighted by atomic mass is 19.1. The summed E-state index contributed by atoms with van der Waals surface area (Å²) in [5.74, 6) is 3.70. The summed E-state index contributed by atoms with van der Waals surface area (Å²) in [5, 5.41) is 8.08. The quantitative estimate of drug-likeness (QED) is 0.121. The van der Waals surface area contributed by atoms with Crippen molar-refractivity contribution in [2.45, 2.75) is 311 Å². The van der Waals surface area contributed by atoms with Crippen molar-refractivity contribution in [3.05, 3.63) is 180 Å². The number of hydrogen-bond donors (Lipinski definition) is 3. The SMILES string of the molecule is Cc1nn(-c2nc3ccccc3n(C3C[C@H]4CCC[C@@H](C3)N4C3C[C@H]4CCCC[C@@H](C3)C4)c2=O)c(=O)[nH]c1=O.Nc1nc(=O)n(-c2nc3ccccc3n(C3C[C@H]4CCC[C@@H](C3)N4C3C[C@H]4CCCC[C@@H](C3)C4)c2=O)cc1F.O=c1cnn(-c2nc3ccccc3n(C3C[C@H]4CCC[C@@H](C3)N4C3C[C@H]4CCCC[C@@H](C3)C4)c2=O)c(=O)[nH]1. The van der Waals surface area contributed by atoms with E-state index in [0.717, 1.165) is 130 Å². The minimum atomic E-state index is -0.855. The molecule has 12 bridgehead atoms. The van der Waals surface area contributed by atoms with Crippen molar-refractivity contribution in [1.82, 2.24) is 82.4 Å². The third kappa shape index (κ3) is 14.8. The molecule has 0 radical (unpaired) electrons. The number of aryl methyl sites for hydroxylation is 1. The predicted octanol–water partition coefficient (Wildman–Crippen LogP) is 12.0. The molecule has 6 aliphatic carbocycles. The second-order valence-corrected chi connectivity index (χ2v) is 37.1. The molecule has 116 heavy (non-hydrogen) atoms. The second kappa shape index (κ2) is 32.3. The molecule has 12 aliphatic rings. The number of halogens is 1. The molecule has 3 aromatic carbocycles. The van der Waals surface area contributed by atoms with Gasteiger partial charge in [0.15, 0.2) is 11.6 Å². The first-order valence-electron chi connectivity index (χ1n) is 44.3. The van der Waals surface area contributed by atoms with E-state index in [4.69, 9.17) is 5.73 Å². The summed E-state index contributed by atoms with van der Waals surface area (Å²) in [6, 6.07) is 27.7. The monoisotopic (exact) mass is 1580 g/mol. The summed E-state index contributed by atoms with van der Waals surface area (Å²) < 4.78 is 22.7. The summed E-state index contributed by atoms with van der Waals surface area (Å²) >= 11 is 0. The Labute approximate surface area is 671 Å². The highest BCUT2D eigenvalue weighted by Gasteiger charge is 2.50. The largest absolute Gasteiger partial charge is 0.381 e. The number of H-pyrrole nitrogens is 2. The Morgan fingerprint density at radius 1 is 0.371 bits per heavy atom. The Morgan fingerprint density at radius 2 is 0.707 bits per heavy atom. The molecule has 6 aromatic heterocycles. The molecule has 6 saturated heterocycles. The zero-order chi connectivity index (χ0) is 79.1. The van der Waals surface area contributed by atoms with Crippen LogP contribution < -0.4 is 50.6 Å². The second-order valence-electron chi connectivity index (χ2n) is 37.1. The highest BCUT2D eigenvalue weighted by molar-refractivity contribution is 5.77. The van der Waals surface area contributed by atoms with E-state index < -0.39 is 39.8 Å². The Balaban J connectivity index is 0.000000116. The highest BCUT2D eigenvalue weighted by Crippen LogP contribution is 2.51. The van der Waals surface area contributed by atoms with E-state index >= 15 is 0 Å². The minimum Gasteiger partial charge on any atom is -0.381 e. The maximum atomic E-state index is 14.3. The van der Waals surface area contributed by atoms with Crippen LogP contribution in [0.2, 0.25) is 0 Å². The number of aromatic nitrogens is 14. The van der Waals surface area contributed by atoms with Crippen molar-refractivity contribution in [2.75, 3.05) is 5.73 Å². The van der Waals surface area contributed by atoms with Crippen LogP contribution in [-0.2, 0) is 0 Å². The van der Waals surface area contributed by atoms with Crippen molar-refractivity contribution in [3.63, 3.8) is 0 Å². The lowest BCUT2D eigenvalue weighted by Crippen LogP contribution is -2.58. The van der Waals surface area contributed by atoms with E-state index in [9.17, 15) is 42.7 Å². The van der Waals surface area contributed by atoms with Crippen molar-refractivity contribution in [1.29, 1.82) is 0 Å². The van der Waals surface area contributed by atoms with Gasteiger partial charge in [0.1, 0.15) is 11.9 Å².